The lowest BCUT2D eigenvalue weighted by Gasteiger charge is -2.26. The molecule has 1 N–H and O–H groups in total. The van der Waals surface area contributed by atoms with Crippen molar-refractivity contribution < 1.29 is 14.3 Å². The van der Waals surface area contributed by atoms with E-state index in [1.807, 2.05) is 32.0 Å². The lowest BCUT2D eigenvalue weighted by atomic mass is 10.0. The lowest BCUT2D eigenvalue weighted by Crippen LogP contribution is -2.33. The van der Waals surface area contributed by atoms with Gasteiger partial charge in [0.05, 0.1) is 17.3 Å². The van der Waals surface area contributed by atoms with Crippen molar-refractivity contribution >= 4 is 23.2 Å². The molecule has 1 saturated heterocycles. The molecule has 1 fully saturated rings. The Bertz CT molecular complexity index is 876. The maximum atomic E-state index is 12.7. The van der Waals surface area contributed by atoms with Crippen LogP contribution >= 0.6 is 11.6 Å². The third-order valence-corrected chi connectivity index (χ3v) is 5.66. The zero-order chi connectivity index (χ0) is 19.7. The van der Waals surface area contributed by atoms with E-state index in [1.54, 1.807) is 0 Å². The Hall–Kier alpha value is -2.24. The van der Waals surface area contributed by atoms with Crippen LogP contribution in [0.1, 0.15) is 35.6 Å². The van der Waals surface area contributed by atoms with Crippen LogP contribution in [0.5, 0.6) is 11.5 Å². The molecule has 2 heterocycles. The SMILES string of the molecule is Cc1cc(C)c(NC(=O)CN2CCC[C@H]2c2ccc3c(c2)OCCO3)c(Cl)c1. The molecule has 28 heavy (non-hydrogen) atoms. The number of fused-ring (bicyclic) bond motifs is 1. The molecule has 0 spiro atoms. The summed E-state index contributed by atoms with van der Waals surface area (Å²) in [6.45, 7) is 6.35. The zero-order valence-corrected chi connectivity index (χ0v) is 17.0. The highest BCUT2D eigenvalue weighted by molar-refractivity contribution is 6.34. The summed E-state index contributed by atoms with van der Waals surface area (Å²) in [5, 5.41) is 3.58. The average molecular weight is 401 g/mol. The molecule has 2 aliphatic heterocycles. The zero-order valence-electron chi connectivity index (χ0n) is 16.3. The number of carbonyl (C=O) groups excluding carboxylic acids is 1. The quantitative estimate of drug-likeness (QED) is 0.820. The molecule has 0 aliphatic carbocycles. The van der Waals surface area contributed by atoms with Gasteiger partial charge in [0.1, 0.15) is 13.2 Å². The Morgan fingerprint density at radius 3 is 2.75 bits per heavy atom. The molecule has 0 aromatic heterocycles. The van der Waals surface area contributed by atoms with Crippen LogP contribution in [0.25, 0.3) is 0 Å². The third-order valence-electron chi connectivity index (χ3n) is 5.36. The molecule has 2 aromatic rings. The Labute approximate surface area is 170 Å². The fourth-order valence-corrected chi connectivity index (χ4v) is 4.47. The van der Waals surface area contributed by atoms with Crippen molar-refractivity contribution in [2.45, 2.75) is 32.7 Å². The molecule has 1 amide bonds. The van der Waals surface area contributed by atoms with Gasteiger partial charge in [-0.3, -0.25) is 9.69 Å². The topological polar surface area (TPSA) is 50.8 Å². The maximum Gasteiger partial charge on any atom is 0.238 e. The van der Waals surface area contributed by atoms with Gasteiger partial charge >= 0.3 is 0 Å². The Balaban J connectivity index is 1.46. The van der Waals surface area contributed by atoms with Crippen LogP contribution in [0.2, 0.25) is 5.02 Å². The number of benzene rings is 2. The van der Waals surface area contributed by atoms with Gasteiger partial charge in [0.2, 0.25) is 5.91 Å². The lowest BCUT2D eigenvalue weighted by molar-refractivity contribution is -0.117. The number of ether oxygens (including phenoxy) is 2. The summed E-state index contributed by atoms with van der Waals surface area (Å²) in [6, 6.07) is 10.2. The van der Waals surface area contributed by atoms with E-state index in [9.17, 15) is 4.79 Å². The van der Waals surface area contributed by atoms with Crippen LogP contribution in [0.15, 0.2) is 30.3 Å². The van der Waals surface area contributed by atoms with E-state index in [2.05, 4.69) is 22.3 Å². The number of nitrogens with zero attached hydrogens (tertiary/aromatic N) is 1. The van der Waals surface area contributed by atoms with Gasteiger partial charge in [0.15, 0.2) is 11.5 Å². The molecule has 6 heteroatoms. The summed E-state index contributed by atoms with van der Waals surface area (Å²) in [5.74, 6) is 1.54. The third kappa shape index (κ3) is 3.96. The second-order valence-corrected chi connectivity index (χ2v) is 7.93. The fourth-order valence-electron chi connectivity index (χ4n) is 4.10. The predicted molar refractivity (Wildman–Crippen MR) is 111 cm³/mol. The predicted octanol–water partition coefficient (Wildman–Crippen LogP) is 4.50. The van der Waals surface area contributed by atoms with Gasteiger partial charge in [-0.2, -0.15) is 0 Å². The van der Waals surface area contributed by atoms with Gasteiger partial charge in [0.25, 0.3) is 0 Å². The largest absolute Gasteiger partial charge is 0.486 e. The van der Waals surface area contributed by atoms with Crippen LogP contribution in [0.4, 0.5) is 5.69 Å². The number of aryl methyl sites for hydroxylation is 2. The first-order valence-electron chi connectivity index (χ1n) is 9.71. The van der Waals surface area contributed by atoms with E-state index in [0.717, 1.165) is 42.0 Å². The summed E-state index contributed by atoms with van der Waals surface area (Å²) in [6.07, 6.45) is 2.09. The Kier molecular flexibility index (Phi) is 5.47. The molecule has 0 unspecified atom stereocenters. The van der Waals surface area contributed by atoms with Gasteiger partial charge in [-0.05, 0) is 68.1 Å². The molecule has 0 radical (unpaired) electrons. The van der Waals surface area contributed by atoms with E-state index < -0.39 is 0 Å². The van der Waals surface area contributed by atoms with Crippen LogP contribution < -0.4 is 14.8 Å². The van der Waals surface area contributed by atoms with Crippen molar-refractivity contribution in [1.29, 1.82) is 0 Å². The highest BCUT2D eigenvalue weighted by Gasteiger charge is 2.29. The molecule has 1 atom stereocenters. The number of halogens is 1. The van der Waals surface area contributed by atoms with Gasteiger partial charge in [-0.15, -0.1) is 0 Å². The Morgan fingerprint density at radius 2 is 1.96 bits per heavy atom. The van der Waals surface area contributed by atoms with Crippen molar-refractivity contribution in [3.05, 3.63) is 52.0 Å². The molecule has 148 valence electrons. The fraction of sp³-hybridized carbons (Fsp3) is 0.409. The first-order chi connectivity index (χ1) is 13.5. The highest BCUT2D eigenvalue weighted by atomic mass is 35.5. The smallest absolute Gasteiger partial charge is 0.238 e. The number of amides is 1. The molecule has 2 aromatic carbocycles. The summed E-state index contributed by atoms with van der Waals surface area (Å²) in [5.41, 5.74) is 3.92. The standard InChI is InChI=1S/C22H25ClN2O3/c1-14-10-15(2)22(17(23)11-14)24-21(26)13-25-7-3-4-18(25)16-5-6-19-20(12-16)28-9-8-27-19/h5-6,10-12,18H,3-4,7-9,13H2,1-2H3,(H,24,26)/t18-/m0/s1. The number of anilines is 1. The Morgan fingerprint density at radius 1 is 1.18 bits per heavy atom. The number of hydrogen-bond acceptors (Lipinski definition) is 4. The first kappa shape index (κ1) is 19.1. The number of rotatable bonds is 4. The maximum absolute atomic E-state index is 12.7. The van der Waals surface area contributed by atoms with Gasteiger partial charge < -0.3 is 14.8 Å². The van der Waals surface area contributed by atoms with E-state index >= 15 is 0 Å². The molecular weight excluding hydrogens is 376 g/mol. The van der Waals surface area contributed by atoms with E-state index in [-0.39, 0.29) is 11.9 Å². The van der Waals surface area contributed by atoms with Crippen LogP contribution in [0.3, 0.4) is 0 Å². The van der Waals surface area contributed by atoms with Gasteiger partial charge in [-0.1, -0.05) is 23.7 Å². The number of nitrogens with one attached hydrogen (secondary N) is 1. The van der Waals surface area contributed by atoms with E-state index in [1.165, 1.54) is 5.56 Å². The van der Waals surface area contributed by atoms with Crippen molar-refractivity contribution in [3.63, 3.8) is 0 Å². The second-order valence-electron chi connectivity index (χ2n) is 7.52. The normalized spacial score (nSPS) is 18.9. The summed E-state index contributed by atoms with van der Waals surface area (Å²) >= 11 is 6.33. The molecule has 5 nitrogen and oxygen atoms in total. The highest BCUT2D eigenvalue weighted by Crippen LogP contribution is 2.38. The van der Waals surface area contributed by atoms with Crippen LogP contribution in [-0.2, 0) is 4.79 Å². The monoisotopic (exact) mass is 400 g/mol. The van der Waals surface area contributed by atoms with Gasteiger partial charge in [0, 0.05) is 6.04 Å². The van der Waals surface area contributed by atoms with E-state index in [4.69, 9.17) is 21.1 Å². The second kappa shape index (κ2) is 8.02. The summed E-state index contributed by atoms with van der Waals surface area (Å²) in [4.78, 5) is 14.9. The molecule has 0 saturated carbocycles. The van der Waals surface area contributed by atoms with Crippen molar-refractivity contribution in [3.8, 4) is 11.5 Å². The first-order valence-corrected chi connectivity index (χ1v) is 10.1. The molecule has 0 bridgehead atoms. The molecule has 2 aliphatic rings. The summed E-state index contributed by atoms with van der Waals surface area (Å²) in [7, 11) is 0. The number of hydrogen-bond donors (Lipinski definition) is 1. The molecule has 4 rings (SSSR count). The average Bonchev–Trinajstić information content (AvgIpc) is 3.12. The van der Waals surface area contributed by atoms with Crippen molar-refractivity contribution in [1.82, 2.24) is 4.90 Å². The minimum absolute atomic E-state index is 0.0432. The van der Waals surface area contributed by atoms with Crippen LogP contribution in [-0.4, -0.2) is 37.1 Å². The molecular formula is C22H25ClN2O3. The van der Waals surface area contributed by atoms with Gasteiger partial charge in [-0.25, -0.2) is 0 Å². The van der Waals surface area contributed by atoms with E-state index in [0.29, 0.717) is 30.5 Å². The van der Waals surface area contributed by atoms with Crippen molar-refractivity contribution in [2.75, 3.05) is 31.6 Å². The minimum atomic E-state index is -0.0432. The van der Waals surface area contributed by atoms with Crippen molar-refractivity contribution in [2.24, 2.45) is 0 Å². The summed E-state index contributed by atoms with van der Waals surface area (Å²) < 4.78 is 11.3. The minimum Gasteiger partial charge on any atom is -0.486 e. The number of carbonyl (C=O) groups is 1. The van der Waals surface area contributed by atoms with Crippen LogP contribution in [0, 0.1) is 13.8 Å². The number of likely N-dealkylation sites (tertiary alicyclic amines) is 1.